The zero-order chi connectivity index (χ0) is 22.7. The van der Waals surface area contributed by atoms with Crippen LogP contribution in [0, 0.1) is 0 Å². The second-order valence-corrected chi connectivity index (χ2v) is 7.89. The first-order valence-corrected chi connectivity index (χ1v) is 10.1. The second kappa shape index (κ2) is 8.59. The Morgan fingerprint density at radius 2 is 1.59 bits per heavy atom. The van der Waals surface area contributed by atoms with E-state index in [1.807, 2.05) is 42.5 Å². The van der Waals surface area contributed by atoms with Gasteiger partial charge in [0.25, 0.3) is 0 Å². The van der Waals surface area contributed by atoms with Gasteiger partial charge in [0.05, 0.1) is 5.39 Å². The topological polar surface area (TPSA) is 86.0 Å². The Morgan fingerprint density at radius 3 is 2.28 bits per heavy atom. The largest absolute Gasteiger partial charge is 0.482 e. The summed E-state index contributed by atoms with van der Waals surface area (Å²) in [7, 11) is 0. The Hall–Kier alpha value is -4.06. The molecule has 6 heteroatoms. The lowest BCUT2D eigenvalue weighted by atomic mass is 9.78. The van der Waals surface area contributed by atoms with Crippen molar-refractivity contribution in [2.75, 3.05) is 6.61 Å². The van der Waals surface area contributed by atoms with Crippen molar-refractivity contribution >= 4 is 16.9 Å². The highest BCUT2D eigenvalue weighted by Crippen LogP contribution is 2.33. The predicted molar refractivity (Wildman–Crippen MR) is 121 cm³/mol. The molecule has 0 saturated heterocycles. The van der Waals surface area contributed by atoms with Crippen molar-refractivity contribution in [3.8, 4) is 17.2 Å². The molecule has 0 atom stereocenters. The summed E-state index contributed by atoms with van der Waals surface area (Å²) in [6.07, 6.45) is 1.24. The minimum atomic E-state index is -1.09. The standard InChI is InChI=1S/C26H22O6/c1-26(2,17-6-4-3-5-7-17)18-8-10-19(11-9-18)32-23-15-31-22-14-20(30-16-24(27)28)12-13-21(22)25(23)29/h3-15H,16H2,1-2H3,(H,27,28). The van der Waals surface area contributed by atoms with E-state index in [1.165, 1.54) is 30.0 Å². The van der Waals surface area contributed by atoms with E-state index in [1.54, 1.807) is 0 Å². The van der Waals surface area contributed by atoms with E-state index in [4.69, 9.17) is 19.0 Å². The molecule has 0 spiro atoms. The molecule has 0 aliphatic carbocycles. The van der Waals surface area contributed by atoms with Crippen LogP contribution in [0.25, 0.3) is 11.0 Å². The zero-order valence-electron chi connectivity index (χ0n) is 17.7. The highest BCUT2D eigenvalue weighted by atomic mass is 16.5. The molecule has 1 heterocycles. The highest BCUT2D eigenvalue weighted by Gasteiger charge is 2.22. The molecule has 1 N–H and O–H groups in total. The summed E-state index contributed by atoms with van der Waals surface area (Å²) in [5.74, 6) is -0.209. The summed E-state index contributed by atoms with van der Waals surface area (Å²) < 4.78 is 16.4. The maximum absolute atomic E-state index is 12.8. The highest BCUT2D eigenvalue weighted by molar-refractivity contribution is 5.79. The van der Waals surface area contributed by atoms with Gasteiger partial charge in [0.15, 0.2) is 6.61 Å². The van der Waals surface area contributed by atoms with E-state index < -0.39 is 12.6 Å². The van der Waals surface area contributed by atoms with Crippen molar-refractivity contribution < 1.29 is 23.8 Å². The lowest BCUT2D eigenvalue weighted by molar-refractivity contribution is -0.139. The Labute approximate surface area is 184 Å². The van der Waals surface area contributed by atoms with Gasteiger partial charge in [-0.1, -0.05) is 56.3 Å². The quantitative estimate of drug-likeness (QED) is 0.424. The summed E-state index contributed by atoms with van der Waals surface area (Å²) in [6, 6.07) is 22.4. The first kappa shape index (κ1) is 21.2. The average Bonchev–Trinajstić information content (AvgIpc) is 2.80. The van der Waals surface area contributed by atoms with E-state index in [0.29, 0.717) is 16.9 Å². The number of benzene rings is 3. The van der Waals surface area contributed by atoms with E-state index >= 15 is 0 Å². The minimum Gasteiger partial charge on any atom is -0.482 e. The van der Waals surface area contributed by atoms with Crippen LogP contribution in [0.15, 0.2) is 88.3 Å². The number of aliphatic carboxylic acids is 1. The predicted octanol–water partition coefficient (Wildman–Crippen LogP) is 5.37. The molecule has 3 aromatic carbocycles. The molecule has 0 amide bonds. The molecule has 1 aromatic heterocycles. The Morgan fingerprint density at radius 1 is 0.938 bits per heavy atom. The van der Waals surface area contributed by atoms with Gasteiger partial charge in [-0.25, -0.2) is 4.79 Å². The molecule has 0 aliphatic rings. The molecule has 4 rings (SSSR count). The number of carboxylic acids is 1. The Kier molecular flexibility index (Phi) is 5.69. The van der Waals surface area contributed by atoms with Crippen LogP contribution in [0.4, 0.5) is 0 Å². The van der Waals surface area contributed by atoms with Gasteiger partial charge in [-0.15, -0.1) is 0 Å². The fourth-order valence-electron chi connectivity index (χ4n) is 3.48. The van der Waals surface area contributed by atoms with Crippen molar-refractivity contribution in [2.45, 2.75) is 19.3 Å². The molecule has 162 valence electrons. The summed E-state index contributed by atoms with van der Waals surface area (Å²) in [5, 5.41) is 9.03. The smallest absolute Gasteiger partial charge is 0.341 e. The summed E-state index contributed by atoms with van der Waals surface area (Å²) >= 11 is 0. The molecule has 0 radical (unpaired) electrons. The van der Waals surface area contributed by atoms with Gasteiger partial charge in [-0.05, 0) is 35.4 Å². The average molecular weight is 430 g/mol. The van der Waals surface area contributed by atoms with Crippen molar-refractivity contribution in [3.63, 3.8) is 0 Å². The van der Waals surface area contributed by atoms with E-state index in [0.717, 1.165) is 5.56 Å². The van der Waals surface area contributed by atoms with Gasteiger partial charge >= 0.3 is 5.97 Å². The number of hydrogen-bond acceptors (Lipinski definition) is 5. The summed E-state index contributed by atoms with van der Waals surface area (Å²) in [6.45, 7) is 3.84. The minimum absolute atomic E-state index is 0.0618. The molecular weight excluding hydrogens is 408 g/mol. The van der Waals surface area contributed by atoms with E-state index in [2.05, 4.69) is 26.0 Å². The lowest BCUT2D eigenvalue weighted by Crippen LogP contribution is -2.18. The third-order valence-electron chi connectivity index (χ3n) is 5.38. The second-order valence-electron chi connectivity index (χ2n) is 7.89. The molecule has 32 heavy (non-hydrogen) atoms. The number of carboxylic acid groups (broad SMARTS) is 1. The van der Waals surface area contributed by atoms with Crippen LogP contribution in [-0.2, 0) is 10.2 Å². The van der Waals surface area contributed by atoms with Crippen molar-refractivity contribution in [3.05, 3.63) is 100 Å². The first-order valence-electron chi connectivity index (χ1n) is 10.1. The number of hydrogen-bond donors (Lipinski definition) is 1. The van der Waals surface area contributed by atoms with Crippen LogP contribution in [0.3, 0.4) is 0 Å². The normalized spacial score (nSPS) is 11.3. The molecule has 0 aliphatic heterocycles. The lowest BCUT2D eigenvalue weighted by Gasteiger charge is -2.26. The van der Waals surface area contributed by atoms with Gasteiger partial charge in [0, 0.05) is 11.5 Å². The molecule has 0 fully saturated rings. The van der Waals surface area contributed by atoms with Crippen molar-refractivity contribution in [1.29, 1.82) is 0 Å². The molecule has 4 aromatic rings. The van der Waals surface area contributed by atoms with Gasteiger partial charge in [-0.2, -0.15) is 0 Å². The van der Waals surface area contributed by atoms with Crippen LogP contribution < -0.4 is 14.9 Å². The fraction of sp³-hybridized carbons (Fsp3) is 0.154. The molecule has 0 unspecified atom stereocenters. The summed E-state index contributed by atoms with van der Waals surface area (Å²) in [4.78, 5) is 23.4. The molecule has 0 bridgehead atoms. The van der Waals surface area contributed by atoms with Gasteiger partial charge < -0.3 is 19.0 Å². The first-order chi connectivity index (χ1) is 15.3. The molecule has 0 saturated carbocycles. The summed E-state index contributed by atoms with van der Waals surface area (Å²) in [5.41, 5.74) is 2.10. The fourth-order valence-corrected chi connectivity index (χ4v) is 3.48. The van der Waals surface area contributed by atoms with E-state index in [9.17, 15) is 9.59 Å². The van der Waals surface area contributed by atoms with Crippen LogP contribution in [0.1, 0.15) is 25.0 Å². The Balaban J connectivity index is 1.55. The van der Waals surface area contributed by atoms with Crippen molar-refractivity contribution in [2.24, 2.45) is 0 Å². The van der Waals surface area contributed by atoms with Crippen LogP contribution in [0.2, 0.25) is 0 Å². The zero-order valence-corrected chi connectivity index (χ0v) is 17.7. The molecular formula is C26H22O6. The van der Waals surface area contributed by atoms with Gasteiger partial charge in [0.1, 0.15) is 23.3 Å². The van der Waals surface area contributed by atoms with Crippen LogP contribution >= 0.6 is 0 Å². The number of rotatable bonds is 7. The number of fused-ring (bicyclic) bond motifs is 1. The third kappa shape index (κ3) is 4.34. The SMILES string of the molecule is CC(C)(c1ccccc1)c1ccc(Oc2coc3cc(OCC(=O)O)ccc3c2=O)cc1. The Bertz CT molecular complexity index is 1300. The maximum Gasteiger partial charge on any atom is 0.341 e. The van der Waals surface area contributed by atoms with Gasteiger partial charge in [-0.3, -0.25) is 4.79 Å². The molecule has 6 nitrogen and oxygen atoms in total. The third-order valence-corrected chi connectivity index (χ3v) is 5.38. The van der Waals surface area contributed by atoms with Crippen molar-refractivity contribution in [1.82, 2.24) is 0 Å². The number of carbonyl (C=O) groups is 1. The maximum atomic E-state index is 12.8. The van der Waals surface area contributed by atoms with Crippen LogP contribution in [0.5, 0.6) is 17.2 Å². The monoisotopic (exact) mass is 430 g/mol. The van der Waals surface area contributed by atoms with Crippen LogP contribution in [-0.4, -0.2) is 17.7 Å². The van der Waals surface area contributed by atoms with Gasteiger partial charge in [0.2, 0.25) is 11.2 Å². The number of ether oxygens (including phenoxy) is 2. The van der Waals surface area contributed by atoms with E-state index in [-0.39, 0.29) is 22.2 Å².